The zero-order valence-corrected chi connectivity index (χ0v) is 12.7. The van der Waals surface area contributed by atoms with Gasteiger partial charge in [-0.1, -0.05) is 27.2 Å². The van der Waals surface area contributed by atoms with Gasteiger partial charge in [-0.25, -0.2) is 0 Å². The van der Waals surface area contributed by atoms with E-state index in [9.17, 15) is 0 Å². The van der Waals surface area contributed by atoms with Crippen molar-refractivity contribution in [1.29, 1.82) is 0 Å². The van der Waals surface area contributed by atoms with Gasteiger partial charge >= 0.3 is 0 Å². The Hall–Kier alpha value is -0.0800. The summed E-state index contributed by atoms with van der Waals surface area (Å²) in [6.07, 6.45) is 8.46. The molecule has 1 aliphatic heterocycles. The minimum absolute atomic E-state index is 0.575. The Balaban J connectivity index is 1.81. The van der Waals surface area contributed by atoms with Crippen molar-refractivity contribution in [3.8, 4) is 0 Å². The van der Waals surface area contributed by atoms with Gasteiger partial charge in [-0.15, -0.1) is 0 Å². The minimum atomic E-state index is 0.575. The molecule has 0 amide bonds. The van der Waals surface area contributed by atoms with Crippen LogP contribution in [0.2, 0.25) is 0 Å². The lowest BCUT2D eigenvalue weighted by Gasteiger charge is -2.28. The SMILES string of the molecule is CCNC1CCCC1CN1CCCC(C)(C)CC1. The topological polar surface area (TPSA) is 15.3 Å². The minimum Gasteiger partial charge on any atom is -0.314 e. The third-order valence-electron chi connectivity index (χ3n) is 5.05. The van der Waals surface area contributed by atoms with Gasteiger partial charge in [0.1, 0.15) is 0 Å². The van der Waals surface area contributed by atoms with E-state index < -0.39 is 0 Å². The Labute approximate surface area is 114 Å². The number of nitrogens with one attached hydrogen (secondary N) is 1. The molecule has 0 aromatic rings. The predicted molar refractivity (Wildman–Crippen MR) is 78.9 cm³/mol. The number of likely N-dealkylation sites (tertiary alicyclic amines) is 1. The second kappa shape index (κ2) is 6.38. The first-order valence-electron chi connectivity index (χ1n) is 8.06. The number of rotatable bonds is 4. The maximum Gasteiger partial charge on any atom is 0.0107 e. The molecule has 2 aliphatic rings. The van der Waals surface area contributed by atoms with Crippen LogP contribution in [0, 0.1) is 11.3 Å². The highest BCUT2D eigenvalue weighted by Crippen LogP contribution is 2.32. The molecule has 1 aliphatic carbocycles. The van der Waals surface area contributed by atoms with E-state index in [0.29, 0.717) is 5.41 Å². The standard InChI is InChI=1S/C16H32N2/c1-4-17-15-8-5-7-14(15)13-18-11-6-9-16(2,3)10-12-18/h14-15,17H,4-13H2,1-3H3. The normalized spacial score (nSPS) is 33.5. The summed E-state index contributed by atoms with van der Waals surface area (Å²) in [5, 5.41) is 3.69. The fourth-order valence-corrected chi connectivity index (χ4v) is 3.78. The molecule has 106 valence electrons. The first-order chi connectivity index (χ1) is 8.61. The molecule has 0 bridgehead atoms. The van der Waals surface area contributed by atoms with Gasteiger partial charge in [0.15, 0.2) is 0 Å². The Bertz CT molecular complexity index is 249. The Morgan fingerprint density at radius 1 is 1.11 bits per heavy atom. The van der Waals surface area contributed by atoms with E-state index in [1.54, 1.807) is 0 Å². The molecule has 1 saturated carbocycles. The van der Waals surface area contributed by atoms with Crippen LogP contribution in [0.5, 0.6) is 0 Å². The molecule has 0 aromatic carbocycles. The Morgan fingerprint density at radius 3 is 2.72 bits per heavy atom. The smallest absolute Gasteiger partial charge is 0.0107 e. The fraction of sp³-hybridized carbons (Fsp3) is 1.00. The van der Waals surface area contributed by atoms with Gasteiger partial charge in [-0.2, -0.15) is 0 Å². The highest BCUT2D eigenvalue weighted by atomic mass is 15.1. The largest absolute Gasteiger partial charge is 0.314 e. The summed E-state index contributed by atoms with van der Waals surface area (Å²) in [4.78, 5) is 2.75. The van der Waals surface area contributed by atoms with Gasteiger partial charge in [0.2, 0.25) is 0 Å². The van der Waals surface area contributed by atoms with Crippen LogP contribution >= 0.6 is 0 Å². The van der Waals surface area contributed by atoms with Gasteiger partial charge in [0.25, 0.3) is 0 Å². The van der Waals surface area contributed by atoms with Gasteiger partial charge in [0.05, 0.1) is 0 Å². The molecule has 1 heterocycles. The summed E-state index contributed by atoms with van der Waals surface area (Å²) >= 11 is 0. The second-order valence-electron chi connectivity index (χ2n) is 7.17. The highest BCUT2D eigenvalue weighted by molar-refractivity contribution is 4.86. The fourth-order valence-electron chi connectivity index (χ4n) is 3.78. The van der Waals surface area contributed by atoms with E-state index in [1.165, 1.54) is 58.2 Å². The molecule has 2 heteroatoms. The van der Waals surface area contributed by atoms with Crippen molar-refractivity contribution in [2.75, 3.05) is 26.2 Å². The van der Waals surface area contributed by atoms with Gasteiger partial charge in [-0.05, 0) is 63.1 Å². The van der Waals surface area contributed by atoms with E-state index in [4.69, 9.17) is 0 Å². The molecule has 2 rings (SSSR count). The predicted octanol–water partition coefficient (Wildman–Crippen LogP) is 3.28. The highest BCUT2D eigenvalue weighted by Gasteiger charge is 2.30. The molecule has 0 spiro atoms. The molecule has 1 saturated heterocycles. The maximum absolute atomic E-state index is 3.69. The van der Waals surface area contributed by atoms with E-state index >= 15 is 0 Å². The molecule has 0 radical (unpaired) electrons. The zero-order valence-electron chi connectivity index (χ0n) is 12.7. The van der Waals surface area contributed by atoms with Crippen LogP contribution in [0.15, 0.2) is 0 Å². The summed E-state index contributed by atoms with van der Waals surface area (Å²) in [5.74, 6) is 0.908. The third-order valence-corrected chi connectivity index (χ3v) is 5.05. The monoisotopic (exact) mass is 252 g/mol. The van der Waals surface area contributed by atoms with Crippen molar-refractivity contribution in [2.24, 2.45) is 11.3 Å². The van der Waals surface area contributed by atoms with Gasteiger partial charge < -0.3 is 10.2 Å². The van der Waals surface area contributed by atoms with E-state index in [-0.39, 0.29) is 0 Å². The Kier molecular flexibility index (Phi) is 5.08. The summed E-state index contributed by atoms with van der Waals surface area (Å²) < 4.78 is 0. The van der Waals surface area contributed by atoms with E-state index in [1.807, 2.05) is 0 Å². The van der Waals surface area contributed by atoms with Crippen molar-refractivity contribution in [2.45, 2.75) is 65.3 Å². The van der Waals surface area contributed by atoms with Crippen LogP contribution in [0.3, 0.4) is 0 Å². The van der Waals surface area contributed by atoms with Crippen LogP contribution < -0.4 is 5.32 Å². The molecule has 2 nitrogen and oxygen atoms in total. The van der Waals surface area contributed by atoms with Crippen LogP contribution in [0.25, 0.3) is 0 Å². The summed E-state index contributed by atoms with van der Waals surface area (Å²) in [5.41, 5.74) is 0.575. The van der Waals surface area contributed by atoms with Gasteiger partial charge in [0, 0.05) is 12.6 Å². The lowest BCUT2D eigenvalue weighted by atomic mass is 9.85. The third kappa shape index (κ3) is 3.96. The molecular weight excluding hydrogens is 220 g/mol. The second-order valence-corrected chi connectivity index (χ2v) is 7.17. The lowest BCUT2D eigenvalue weighted by molar-refractivity contribution is 0.212. The summed E-state index contributed by atoms with van der Waals surface area (Å²) in [7, 11) is 0. The molecule has 2 unspecified atom stereocenters. The van der Waals surface area contributed by atoms with E-state index in [2.05, 4.69) is 31.0 Å². The average molecular weight is 252 g/mol. The summed E-state index contributed by atoms with van der Waals surface area (Å²) in [6.45, 7) is 12.2. The Morgan fingerprint density at radius 2 is 1.94 bits per heavy atom. The molecule has 0 aromatic heterocycles. The van der Waals surface area contributed by atoms with Crippen LogP contribution in [0.1, 0.15) is 59.3 Å². The quantitative estimate of drug-likeness (QED) is 0.826. The average Bonchev–Trinajstić information content (AvgIpc) is 2.66. The maximum atomic E-state index is 3.69. The van der Waals surface area contributed by atoms with Crippen molar-refractivity contribution in [1.82, 2.24) is 10.2 Å². The lowest BCUT2D eigenvalue weighted by Crippen LogP contribution is -2.39. The van der Waals surface area contributed by atoms with E-state index in [0.717, 1.165) is 18.5 Å². The molecule has 2 fully saturated rings. The van der Waals surface area contributed by atoms with Gasteiger partial charge in [-0.3, -0.25) is 0 Å². The van der Waals surface area contributed by atoms with Crippen molar-refractivity contribution >= 4 is 0 Å². The summed E-state index contributed by atoms with van der Waals surface area (Å²) in [6, 6.07) is 0.797. The number of nitrogens with zero attached hydrogens (tertiary/aromatic N) is 1. The van der Waals surface area contributed by atoms with Crippen molar-refractivity contribution in [3.63, 3.8) is 0 Å². The number of hydrogen-bond donors (Lipinski definition) is 1. The zero-order chi connectivity index (χ0) is 13.0. The molecule has 1 N–H and O–H groups in total. The number of hydrogen-bond acceptors (Lipinski definition) is 2. The van der Waals surface area contributed by atoms with Crippen LogP contribution in [0.4, 0.5) is 0 Å². The van der Waals surface area contributed by atoms with Crippen LogP contribution in [-0.2, 0) is 0 Å². The van der Waals surface area contributed by atoms with Crippen LogP contribution in [-0.4, -0.2) is 37.1 Å². The van der Waals surface area contributed by atoms with Crippen molar-refractivity contribution < 1.29 is 0 Å². The first kappa shape index (κ1) is 14.3. The molecular formula is C16H32N2. The van der Waals surface area contributed by atoms with Crippen molar-refractivity contribution in [3.05, 3.63) is 0 Å². The first-order valence-corrected chi connectivity index (χ1v) is 8.06. The molecule has 18 heavy (non-hydrogen) atoms. The molecule has 2 atom stereocenters.